The monoisotopic (exact) mass is 463 g/mol. The Kier molecular flexibility index (Phi) is 7.40. The SMILES string of the molecule is C=C1CC(C(=O)NC(C(=C)CC(C)(C)C)c2ccccc2)C(C2=CC=CCC2)=C1c1ccccc1. The molecule has 180 valence electrons. The molecule has 2 aromatic rings. The highest BCUT2D eigenvalue weighted by molar-refractivity contribution is 5.96. The summed E-state index contributed by atoms with van der Waals surface area (Å²) >= 11 is 0. The molecule has 2 atom stereocenters. The predicted octanol–water partition coefficient (Wildman–Crippen LogP) is 8.14. The Balaban J connectivity index is 1.71. The molecule has 0 radical (unpaired) electrons. The van der Waals surface area contributed by atoms with E-state index < -0.39 is 0 Å². The van der Waals surface area contributed by atoms with Crippen molar-refractivity contribution in [2.75, 3.05) is 0 Å². The van der Waals surface area contributed by atoms with Gasteiger partial charge in [0.15, 0.2) is 0 Å². The molecule has 35 heavy (non-hydrogen) atoms. The minimum absolute atomic E-state index is 0.0476. The van der Waals surface area contributed by atoms with Crippen molar-refractivity contribution in [2.24, 2.45) is 11.3 Å². The number of amides is 1. The van der Waals surface area contributed by atoms with E-state index in [-0.39, 0.29) is 23.3 Å². The van der Waals surface area contributed by atoms with Gasteiger partial charge in [-0.25, -0.2) is 0 Å². The second kappa shape index (κ2) is 10.5. The lowest BCUT2D eigenvalue weighted by Gasteiger charge is -2.29. The number of rotatable bonds is 7. The topological polar surface area (TPSA) is 29.1 Å². The zero-order valence-corrected chi connectivity index (χ0v) is 21.3. The minimum atomic E-state index is -0.260. The van der Waals surface area contributed by atoms with Crippen LogP contribution < -0.4 is 5.32 Å². The lowest BCUT2D eigenvalue weighted by Crippen LogP contribution is -2.35. The molecule has 2 nitrogen and oxygen atoms in total. The molecule has 2 aliphatic carbocycles. The molecule has 1 N–H and O–H groups in total. The number of allylic oxidation sites excluding steroid dienone is 6. The van der Waals surface area contributed by atoms with Crippen LogP contribution in [0.25, 0.3) is 5.57 Å². The molecular formula is C33H37NO. The van der Waals surface area contributed by atoms with Crippen LogP contribution in [0.1, 0.15) is 63.6 Å². The van der Waals surface area contributed by atoms with Crippen LogP contribution in [0.5, 0.6) is 0 Å². The van der Waals surface area contributed by atoms with Crippen molar-refractivity contribution in [3.8, 4) is 0 Å². The largest absolute Gasteiger partial charge is 0.345 e. The molecular weight excluding hydrogens is 426 g/mol. The number of hydrogen-bond acceptors (Lipinski definition) is 1. The van der Waals surface area contributed by atoms with Gasteiger partial charge in [-0.15, -0.1) is 0 Å². The number of hydrogen-bond donors (Lipinski definition) is 1. The van der Waals surface area contributed by atoms with Crippen LogP contribution >= 0.6 is 0 Å². The summed E-state index contributed by atoms with van der Waals surface area (Å²) in [6.07, 6.45) is 9.88. The van der Waals surface area contributed by atoms with E-state index in [1.165, 1.54) is 5.57 Å². The van der Waals surface area contributed by atoms with Crippen LogP contribution in [-0.2, 0) is 4.79 Å². The third kappa shape index (κ3) is 5.82. The van der Waals surface area contributed by atoms with Crippen molar-refractivity contribution in [3.05, 3.63) is 125 Å². The number of carbonyl (C=O) groups excluding carboxylic acids is 1. The fraction of sp³-hybridized carbons (Fsp3) is 0.303. The van der Waals surface area contributed by atoms with E-state index in [9.17, 15) is 4.79 Å². The first kappa shape index (κ1) is 24.7. The van der Waals surface area contributed by atoms with Gasteiger partial charge in [-0.1, -0.05) is 118 Å². The van der Waals surface area contributed by atoms with E-state index in [4.69, 9.17) is 0 Å². The van der Waals surface area contributed by atoms with Gasteiger partial charge in [0.2, 0.25) is 5.91 Å². The zero-order chi connectivity index (χ0) is 25.0. The molecule has 0 bridgehead atoms. The zero-order valence-electron chi connectivity index (χ0n) is 21.3. The van der Waals surface area contributed by atoms with Crippen molar-refractivity contribution >= 4 is 11.5 Å². The molecule has 0 saturated heterocycles. The fourth-order valence-electron chi connectivity index (χ4n) is 5.31. The number of carbonyl (C=O) groups is 1. The predicted molar refractivity (Wildman–Crippen MR) is 148 cm³/mol. The van der Waals surface area contributed by atoms with Gasteiger partial charge < -0.3 is 5.32 Å². The molecule has 0 spiro atoms. The first-order chi connectivity index (χ1) is 16.7. The second-order valence-electron chi connectivity index (χ2n) is 10.9. The summed E-state index contributed by atoms with van der Waals surface area (Å²) in [4.78, 5) is 14.0. The van der Waals surface area contributed by atoms with Crippen molar-refractivity contribution in [1.29, 1.82) is 0 Å². The van der Waals surface area contributed by atoms with E-state index in [0.717, 1.165) is 52.7 Å². The van der Waals surface area contributed by atoms with Gasteiger partial charge in [0, 0.05) is 0 Å². The lowest BCUT2D eigenvalue weighted by atomic mass is 9.83. The van der Waals surface area contributed by atoms with Crippen LogP contribution in [0, 0.1) is 11.3 Å². The summed E-state index contributed by atoms with van der Waals surface area (Å²) in [6.45, 7) is 15.5. The maximum absolute atomic E-state index is 14.0. The average Bonchev–Trinajstić information content (AvgIpc) is 3.20. The van der Waals surface area contributed by atoms with Gasteiger partial charge in [0.25, 0.3) is 0 Å². The highest BCUT2D eigenvalue weighted by atomic mass is 16.2. The lowest BCUT2D eigenvalue weighted by molar-refractivity contribution is -0.124. The van der Waals surface area contributed by atoms with Gasteiger partial charge in [0.1, 0.15) is 0 Å². The minimum Gasteiger partial charge on any atom is -0.345 e. The van der Waals surface area contributed by atoms with Crippen molar-refractivity contribution in [2.45, 2.75) is 52.5 Å². The third-order valence-electron chi connectivity index (χ3n) is 6.75. The van der Waals surface area contributed by atoms with Crippen molar-refractivity contribution in [1.82, 2.24) is 5.32 Å². The first-order valence-corrected chi connectivity index (χ1v) is 12.6. The molecule has 2 aliphatic rings. The summed E-state index contributed by atoms with van der Waals surface area (Å²) in [6, 6.07) is 20.4. The number of nitrogens with one attached hydrogen (secondary N) is 1. The first-order valence-electron chi connectivity index (χ1n) is 12.6. The molecule has 0 aromatic heterocycles. The molecule has 0 aliphatic heterocycles. The van der Waals surface area contributed by atoms with Crippen LogP contribution in [0.15, 0.2) is 114 Å². The van der Waals surface area contributed by atoms with Gasteiger partial charge in [-0.3, -0.25) is 4.79 Å². The van der Waals surface area contributed by atoms with Gasteiger partial charge in [-0.05, 0) is 64.5 Å². The molecule has 2 heteroatoms. The van der Waals surface area contributed by atoms with E-state index in [0.29, 0.717) is 6.42 Å². The Bertz CT molecular complexity index is 1190. The average molecular weight is 464 g/mol. The summed E-state index contributed by atoms with van der Waals surface area (Å²) < 4.78 is 0. The summed E-state index contributed by atoms with van der Waals surface area (Å²) in [7, 11) is 0. The van der Waals surface area contributed by atoms with Gasteiger partial charge >= 0.3 is 0 Å². The third-order valence-corrected chi connectivity index (χ3v) is 6.75. The Labute approximate surface area is 210 Å². The van der Waals surface area contributed by atoms with Gasteiger partial charge in [-0.2, -0.15) is 0 Å². The van der Waals surface area contributed by atoms with Crippen LogP contribution in [0.4, 0.5) is 0 Å². The standard InChI is InChI=1S/C33H37NO/c1-23-21-28(30(26-17-11-7-12-18-26)29(23)25-15-9-6-10-16-25)32(35)34-31(24(2)22-33(3,4)5)27-19-13-8-14-20-27/h6-11,13-17,19-20,28,31H,1-2,12,18,21-22H2,3-5H3,(H,34,35). The van der Waals surface area contributed by atoms with Crippen LogP contribution in [-0.4, -0.2) is 5.91 Å². The second-order valence-corrected chi connectivity index (χ2v) is 10.9. The smallest absolute Gasteiger partial charge is 0.228 e. The van der Waals surface area contributed by atoms with Crippen LogP contribution in [0.2, 0.25) is 0 Å². The quantitative estimate of drug-likeness (QED) is 0.413. The highest BCUT2D eigenvalue weighted by Crippen LogP contribution is 2.46. The Morgan fingerprint density at radius 2 is 1.71 bits per heavy atom. The van der Waals surface area contributed by atoms with E-state index in [1.807, 2.05) is 24.3 Å². The summed E-state index contributed by atoms with van der Waals surface area (Å²) in [5, 5.41) is 3.40. The van der Waals surface area contributed by atoms with Crippen molar-refractivity contribution in [3.63, 3.8) is 0 Å². The summed E-state index contributed by atoms with van der Waals surface area (Å²) in [5.41, 5.74) is 7.87. The highest BCUT2D eigenvalue weighted by Gasteiger charge is 2.37. The Hall–Kier alpha value is -3.39. The van der Waals surface area contributed by atoms with E-state index in [1.54, 1.807) is 0 Å². The Morgan fingerprint density at radius 3 is 2.31 bits per heavy atom. The maximum atomic E-state index is 14.0. The van der Waals surface area contributed by atoms with Crippen molar-refractivity contribution < 1.29 is 4.79 Å². The van der Waals surface area contributed by atoms with Crippen LogP contribution in [0.3, 0.4) is 0 Å². The van der Waals surface area contributed by atoms with E-state index >= 15 is 0 Å². The molecule has 2 aromatic carbocycles. The molecule has 1 amide bonds. The molecule has 4 rings (SSSR count). The molecule has 0 saturated carbocycles. The van der Waals surface area contributed by atoms with E-state index in [2.05, 4.69) is 93.9 Å². The molecule has 0 heterocycles. The molecule has 0 fully saturated rings. The fourth-order valence-corrected chi connectivity index (χ4v) is 5.31. The van der Waals surface area contributed by atoms with Gasteiger partial charge in [0.05, 0.1) is 12.0 Å². The number of benzene rings is 2. The summed E-state index contributed by atoms with van der Waals surface area (Å²) in [5.74, 6) is -0.212. The Morgan fingerprint density at radius 1 is 1.06 bits per heavy atom. The normalized spacial score (nSPS) is 18.9. The maximum Gasteiger partial charge on any atom is 0.228 e. The molecule has 2 unspecified atom stereocenters.